The van der Waals surface area contributed by atoms with E-state index in [1.54, 1.807) is 0 Å². The lowest BCUT2D eigenvalue weighted by atomic mass is 10.2. The molecular weight excluding hydrogens is 422 g/mol. The van der Waals surface area contributed by atoms with E-state index in [1.165, 1.54) is 5.56 Å². The van der Waals surface area contributed by atoms with Gasteiger partial charge in [0.15, 0.2) is 5.82 Å². The second-order valence-electron chi connectivity index (χ2n) is 8.41. The van der Waals surface area contributed by atoms with Crippen molar-refractivity contribution < 1.29 is 0 Å². The van der Waals surface area contributed by atoms with Crippen LogP contribution < -0.4 is 10.6 Å². The van der Waals surface area contributed by atoms with E-state index in [9.17, 15) is 0 Å². The lowest BCUT2D eigenvalue weighted by molar-refractivity contribution is 0.233. The summed E-state index contributed by atoms with van der Waals surface area (Å²) in [5.41, 5.74) is 5.41. The van der Waals surface area contributed by atoms with Gasteiger partial charge in [-0.25, -0.2) is 9.67 Å². The average Bonchev–Trinajstić information content (AvgIpc) is 3.27. The molecule has 4 aromatic rings. The van der Waals surface area contributed by atoms with Crippen LogP contribution in [-0.4, -0.2) is 50.4 Å². The molecule has 0 spiro atoms. The number of anilines is 2. The fourth-order valence-electron chi connectivity index (χ4n) is 4.25. The molecule has 3 aromatic heterocycles. The first-order valence-electron chi connectivity index (χ1n) is 11.0. The molecule has 0 aliphatic carbocycles. The first-order valence-corrected chi connectivity index (χ1v) is 11.3. The van der Waals surface area contributed by atoms with Crippen LogP contribution in [0, 0.1) is 13.8 Å². The van der Waals surface area contributed by atoms with Crippen molar-refractivity contribution in [2.45, 2.75) is 20.4 Å². The Bertz CT molecular complexity index is 1270. The van der Waals surface area contributed by atoms with Gasteiger partial charge in [0, 0.05) is 73.8 Å². The van der Waals surface area contributed by atoms with E-state index in [-0.39, 0.29) is 0 Å². The van der Waals surface area contributed by atoms with Gasteiger partial charge in [0.05, 0.1) is 10.7 Å². The van der Waals surface area contributed by atoms with Gasteiger partial charge < -0.3 is 15.2 Å². The Balaban J connectivity index is 1.37. The smallest absolute Gasteiger partial charge is 0.155 e. The summed E-state index contributed by atoms with van der Waals surface area (Å²) in [4.78, 5) is 7.25. The van der Waals surface area contributed by atoms with Crippen molar-refractivity contribution in [1.29, 1.82) is 0 Å². The number of benzene rings is 1. The molecule has 1 aliphatic heterocycles. The molecule has 8 heteroatoms. The molecule has 1 aromatic carbocycles. The molecule has 0 bridgehead atoms. The molecule has 0 saturated carbocycles. The first kappa shape index (κ1) is 21.0. The maximum atomic E-state index is 6.53. The topological polar surface area (TPSA) is 62.9 Å². The third kappa shape index (κ3) is 3.99. The number of nitrogens with one attached hydrogen (secondary N) is 2. The van der Waals surface area contributed by atoms with Crippen LogP contribution in [0.2, 0.25) is 5.02 Å². The summed E-state index contributed by atoms with van der Waals surface area (Å²) >= 11 is 6.53. The summed E-state index contributed by atoms with van der Waals surface area (Å²) in [7, 11) is 2.03. The molecule has 166 valence electrons. The Kier molecular flexibility index (Phi) is 5.63. The predicted molar refractivity (Wildman–Crippen MR) is 130 cm³/mol. The number of piperazine rings is 1. The van der Waals surface area contributed by atoms with Gasteiger partial charge in [-0.15, -0.1) is 0 Å². The van der Waals surface area contributed by atoms with Gasteiger partial charge in [-0.2, -0.15) is 5.10 Å². The summed E-state index contributed by atoms with van der Waals surface area (Å²) in [6.07, 6.45) is 2.10. The SMILES string of the molecule is Cc1nn(-c2cccc(Nc3ccc4c(c3)c(Cl)c(C)n4C)n2)cc1CN1CCNCC1. The summed E-state index contributed by atoms with van der Waals surface area (Å²) in [5, 5.41) is 13.4. The fourth-order valence-corrected chi connectivity index (χ4v) is 4.53. The average molecular weight is 450 g/mol. The summed E-state index contributed by atoms with van der Waals surface area (Å²) in [6.45, 7) is 9.24. The number of halogens is 1. The number of rotatable bonds is 5. The lowest BCUT2D eigenvalue weighted by Crippen LogP contribution is -2.42. The minimum absolute atomic E-state index is 0.766. The minimum atomic E-state index is 0.766. The van der Waals surface area contributed by atoms with Crippen molar-refractivity contribution in [3.63, 3.8) is 0 Å². The molecular formula is C24H28ClN7. The van der Waals surface area contributed by atoms with Crippen LogP contribution in [-0.2, 0) is 13.6 Å². The van der Waals surface area contributed by atoms with Crippen LogP contribution >= 0.6 is 11.6 Å². The van der Waals surface area contributed by atoms with Crippen LogP contribution in [0.3, 0.4) is 0 Å². The number of fused-ring (bicyclic) bond motifs is 1. The standard InChI is InChI=1S/C24H28ClN7/c1-16-18(14-31-11-9-26-10-12-31)15-32(29-16)23-6-4-5-22(28-23)27-19-7-8-21-20(13-19)24(25)17(2)30(21)3/h4-8,13,15,26H,9-12,14H2,1-3H3,(H,27,28). The molecule has 1 saturated heterocycles. The van der Waals surface area contributed by atoms with E-state index in [0.29, 0.717) is 0 Å². The number of hydrogen-bond acceptors (Lipinski definition) is 5. The van der Waals surface area contributed by atoms with Crippen molar-refractivity contribution in [1.82, 2.24) is 29.5 Å². The largest absolute Gasteiger partial charge is 0.346 e. The molecule has 5 rings (SSSR count). The van der Waals surface area contributed by atoms with Crippen molar-refractivity contribution in [3.05, 3.63) is 64.6 Å². The number of hydrogen-bond donors (Lipinski definition) is 2. The monoisotopic (exact) mass is 449 g/mol. The van der Waals surface area contributed by atoms with Crippen LogP contribution in [0.5, 0.6) is 0 Å². The first-order chi connectivity index (χ1) is 15.5. The van der Waals surface area contributed by atoms with Gasteiger partial charge in [-0.05, 0) is 44.2 Å². The molecule has 0 amide bonds. The van der Waals surface area contributed by atoms with E-state index in [1.807, 2.05) is 36.9 Å². The van der Waals surface area contributed by atoms with Gasteiger partial charge in [0.2, 0.25) is 0 Å². The Hall–Kier alpha value is -2.87. The Morgan fingerprint density at radius 1 is 1.12 bits per heavy atom. The third-order valence-corrected chi connectivity index (χ3v) is 6.74. The van der Waals surface area contributed by atoms with Crippen LogP contribution in [0.15, 0.2) is 42.6 Å². The maximum Gasteiger partial charge on any atom is 0.155 e. The molecule has 1 fully saturated rings. The van der Waals surface area contributed by atoms with E-state index >= 15 is 0 Å². The Morgan fingerprint density at radius 2 is 1.94 bits per heavy atom. The zero-order valence-corrected chi connectivity index (χ0v) is 19.4. The molecule has 7 nitrogen and oxygen atoms in total. The van der Waals surface area contributed by atoms with Gasteiger partial charge in [0.1, 0.15) is 5.82 Å². The van der Waals surface area contributed by atoms with E-state index < -0.39 is 0 Å². The highest BCUT2D eigenvalue weighted by Gasteiger charge is 2.15. The number of aromatic nitrogens is 4. The highest BCUT2D eigenvalue weighted by atomic mass is 35.5. The van der Waals surface area contributed by atoms with Crippen molar-refractivity contribution in [2.24, 2.45) is 7.05 Å². The Labute approximate surface area is 193 Å². The Morgan fingerprint density at radius 3 is 2.75 bits per heavy atom. The highest BCUT2D eigenvalue weighted by Crippen LogP contribution is 2.32. The van der Waals surface area contributed by atoms with Gasteiger partial charge in [0.25, 0.3) is 0 Å². The maximum absolute atomic E-state index is 6.53. The lowest BCUT2D eigenvalue weighted by Gasteiger charge is -2.26. The zero-order chi connectivity index (χ0) is 22.2. The predicted octanol–water partition coefficient (Wildman–Crippen LogP) is 4.18. The molecule has 2 N–H and O–H groups in total. The molecule has 0 atom stereocenters. The third-order valence-electron chi connectivity index (χ3n) is 6.26. The van der Waals surface area contributed by atoms with Crippen LogP contribution in [0.25, 0.3) is 16.7 Å². The second-order valence-corrected chi connectivity index (χ2v) is 8.78. The van der Waals surface area contributed by atoms with Gasteiger partial charge in [-0.1, -0.05) is 17.7 Å². The number of aryl methyl sites for hydroxylation is 2. The van der Waals surface area contributed by atoms with Crippen LogP contribution in [0.1, 0.15) is 17.0 Å². The van der Waals surface area contributed by atoms with Gasteiger partial charge in [-0.3, -0.25) is 4.90 Å². The van der Waals surface area contributed by atoms with Crippen molar-refractivity contribution in [2.75, 3.05) is 31.5 Å². The molecule has 0 radical (unpaired) electrons. The van der Waals surface area contributed by atoms with E-state index in [0.717, 1.165) is 77.4 Å². The summed E-state index contributed by atoms with van der Waals surface area (Å²) in [5.74, 6) is 1.56. The van der Waals surface area contributed by atoms with E-state index in [2.05, 4.69) is 51.4 Å². The summed E-state index contributed by atoms with van der Waals surface area (Å²) < 4.78 is 3.98. The molecule has 32 heavy (non-hydrogen) atoms. The van der Waals surface area contributed by atoms with Crippen LogP contribution in [0.4, 0.5) is 11.5 Å². The van der Waals surface area contributed by atoms with Crippen molar-refractivity contribution >= 4 is 34.0 Å². The van der Waals surface area contributed by atoms with E-state index in [4.69, 9.17) is 21.7 Å². The highest BCUT2D eigenvalue weighted by molar-refractivity contribution is 6.36. The molecule has 1 aliphatic rings. The fraction of sp³-hybridized carbons (Fsp3) is 0.333. The van der Waals surface area contributed by atoms with Crippen molar-refractivity contribution in [3.8, 4) is 5.82 Å². The zero-order valence-electron chi connectivity index (χ0n) is 18.7. The molecule has 4 heterocycles. The minimum Gasteiger partial charge on any atom is -0.346 e. The van der Waals surface area contributed by atoms with Gasteiger partial charge >= 0.3 is 0 Å². The quantitative estimate of drug-likeness (QED) is 0.478. The normalized spacial score (nSPS) is 14.9. The number of pyridine rings is 1. The summed E-state index contributed by atoms with van der Waals surface area (Å²) in [6, 6.07) is 12.1. The number of nitrogens with zero attached hydrogens (tertiary/aromatic N) is 5. The molecule has 0 unspecified atom stereocenters. The second kappa shape index (κ2) is 8.58.